The van der Waals surface area contributed by atoms with Crippen LogP contribution < -0.4 is 10.2 Å². The molecule has 4 aromatic rings. The number of hydrogen-bond acceptors (Lipinski definition) is 5. The van der Waals surface area contributed by atoms with Crippen LogP contribution in [0.3, 0.4) is 0 Å². The Morgan fingerprint density at radius 3 is 2.64 bits per heavy atom. The van der Waals surface area contributed by atoms with Crippen LogP contribution in [0, 0.1) is 0 Å². The molecule has 1 amide bonds. The van der Waals surface area contributed by atoms with Gasteiger partial charge in [0.05, 0.1) is 11.0 Å². The number of anilines is 1. The van der Waals surface area contributed by atoms with Crippen LogP contribution in [0.5, 0.6) is 0 Å². The molecule has 8 heteroatoms. The summed E-state index contributed by atoms with van der Waals surface area (Å²) >= 11 is 6.10. The zero-order valence-electron chi connectivity index (χ0n) is 18.2. The third kappa shape index (κ3) is 4.83. The number of rotatable bonds is 7. The van der Waals surface area contributed by atoms with Crippen molar-refractivity contribution in [3.8, 4) is 11.3 Å². The smallest absolute Gasteiger partial charge is 0.251 e. The van der Waals surface area contributed by atoms with Gasteiger partial charge in [-0.1, -0.05) is 23.7 Å². The van der Waals surface area contributed by atoms with E-state index in [9.17, 15) is 4.79 Å². The Morgan fingerprint density at radius 2 is 1.88 bits per heavy atom. The summed E-state index contributed by atoms with van der Waals surface area (Å²) in [5, 5.41) is 3.66. The van der Waals surface area contributed by atoms with E-state index in [1.54, 1.807) is 12.4 Å². The summed E-state index contributed by atoms with van der Waals surface area (Å²) in [6, 6.07) is 13.2. The molecule has 0 spiro atoms. The molecule has 33 heavy (non-hydrogen) atoms. The normalized spacial score (nSPS) is 13.5. The minimum atomic E-state index is -0.116. The third-order valence-electron chi connectivity index (χ3n) is 5.86. The van der Waals surface area contributed by atoms with Gasteiger partial charge in [-0.05, 0) is 49.6 Å². The Hall–Kier alpha value is -3.45. The molecule has 5 rings (SSSR count). The van der Waals surface area contributed by atoms with Crippen molar-refractivity contribution < 1.29 is 4.79 Å². The molecule has 1 saturated heterocycles. The van der Waals surface area contributed by atoms with E-state index in [1.165, 1.54) is 0 Å². The maximum absolute atomic E-state index is 12.7. The lowest BCUT2D eigenvalue weighted by Gasteiger charge is -2.20. The number of hydrogen-bond donors (Lipinski definition) is 2. The van der Waals surface area contributed by atoms with E-state index in [0.717, 1.165) is 67.2 Å². The van der Waals surface area contributed by atoms with Gasteiger partial charge in [-0.3, -0.25) is 4.79 Å². The van der Waals surface area contributed by atoms with E-state index in [0.29, 0.717) is 22.6 Å². The number of benzene rings is 2. The predicted octanol–water partition coefficient (Wildman–Crippen LogP) is 4.64. The van der Waals surface area contributed by atoms with Gasteiger partial charge in [-0.15, -0.1) is 0 Å². The molecule has 0 saturated carbocycles. The lowest BCUT2D eigenvalue weighted by molar-refractivity contribution is 0.0953. The van der Waals surface area contributed by atoms with Crippen molar-refractivity contribution in [2.24, 2.45) is 0 Å². The topological polar surface area (TPSA) is 86.8 Å². The molecule has 1 aliphatic heterocycles. The van der Waals surface area contributed by atoms with Crippen molar-refractivity contribution in [2.45, 2.75) is 25.7 Å². The highest BCUT2D eigenvalue weighted by atomic mass is 35.5. The molecule has 0 bridgehead atoms. The summed E-state index contributed by atoms with van der Waals surface area (Å²) in [5.41, 5.74) is 3.83. The quantitative estimate of drug-likeness (QED) is 0.392. The zero-order chi connectivity index (χ0) is 22.6. The highest BCUT2D eigenvalue weighted by Crippen LogP contribution is 2.32. The fourth-order valence-corrected chi connectivity index (χ4v) is 4.26. The van der Waals surface area contributed by atoms with E-state index in [2.05, 4.69) is 20.2 Å². The van der Waals surface area contributed by atoms with Crippen molar-refractivity contribution in [2.75, 3.05) is 24.5 Å². The molecule has 2 aromatic heterocycles. The molecule has 0 unspecified atom stereocenters. The van der Waals surface area contributed by atoms with Gasteiger partial charge >= 0.3 is 0 Å². The predicted molar refractivity (Wildman–Crippen MR) is 131 cm³/mol. The number of carbonyl (C=O) groups is 1. The van der Waals surface area contributed by atoms with Crippen LogP contribution in [0.25, 0.3) is 22.3 Å². The van der Waals surface area contributed by atoms with Crippen molar-refractivity contribution >= 4 is 34.4 Å². The molecular formula is C25H25ClN6O. The summed E-state index contributed by atoms with van der Waals surface area (Å²) in [6.45, 7) is 2.52. The van der Waals surface area contributed by atoms with Gasteiger partial charge in [0.1, 0.15) is 11.5 Å². The van der Waals surface area contributed by atoms with Crippen LogP contribution in [0.1, 0.15) is 35.4 Å². The largest absolute Gasteiger partial charge is 0.355 e. The van der Waals surface area contributed by atoms with Crippen LogP contribution >= 0.6 is 11.6 Å². The standard InChI is InChI=1S/C25H25ClN6O/c26-19-8-5-17(6-9-19)23-24(32-14-1-2-15-32)31-20-10-7-18(16-21(20)30-23)25(33)29-11-3-4-22-27-12-13-28-22/h5-10,12-13,16H,1-4,11,14-15H2,(H,27,28)(H,29,33). The van der Waals surface area contributed by atoms with Crippen LogP contribution in [0.2, 0.25) is 5.02 Å². The van der Waals surface area contributed by atoms with Gasteiger partial charge in [0.25, 0.3) is 5.91 Å². The number of carbonyl (C=O) groups excluding carboxylic acids is 1. The monoisotopic (exact) mass is 460 g/mol. The van der Waals surface area contributed by atoms with Crippen molar-refractivity contribution in [1.29, 1.82) is 0 Å². The number of nitrogens with zero attached hydrogens (tertiary/aromatic N) is 4. The first-order valence-corrected chi connectivity index (χ1v) is 11.6. The number of aromatic amines is 1. The molecule has 0 aliphatic carbocycles. The van der Waals surface area contributed by atoms with E-state index in [1.807, 2.05) is 42.5 Å². The summed E-state index contributed by atoms with van der Waals surface area (Å²) < 4.78 is 0. The molecule has 1 fully saturated rings. The highest BCUT2D eigenvalue weighted by Gasteiger charge is 2.21. The second-order valence-corrected chi connectivity index (χ2v) is 8.63. The Balaban J connectivity index is 1.40. The number of H-pyrrole nitrogens is 1. The molecule has 0 atom stereocenters. The summed E-state index contributed by atoms with van der Waals surface area (Å²) in [4.78, 5) is 32.2. The second kappa shape index (κ2) is 9.58. The van der Waals surface area contributed by atoms with Gasteiger partial charge < -0.3 is 15.2 Å². The van der Waals surface area contributed by atoms with Crippen LogP contribution in [-0.2, 0) is 6.42 Å². The fraction of sp³-hybridized carbons (Fsp3) is 0.280. The molecule has 2 N–H and O–H groups in total. The van der Waals surface area contributed by atoms with Crippen molar-refractivity contribution in [3.05, 3.63) is 71.3 Å². The lowest BCUT2D eigenvalue weighted by atomic mass is 10.1. The minimum Gasteiger partial charge on any atom is -0.355 e. The molecular weight excluding hydrogens is 436 g/mol. The number of imidazole rings is 1. The first kappa shape index (κ1) is 21.4. The van der Waals surface area contributed by atoms with Gasteiger partial charge in [0.2, 0.25) is 0 Å². The Kier molecular flexibility index (Phi) is 6.21. The molecule has 3 heterocycles. The molecule has 7 nitrogen and oxygen atoms in total. The first-order valence-electron chi connectivity index (χ1n) is 11.3. The third-order valence-corrected chi connectivity index (χ3v) is 6.11. The van der Waals surface area contributed by atoms with Gasteiger partial charge in [-0.2, -0.15) is 0 Å². The highest BCUT2D eigenvalue weighted by molar-refractivity contribution is 6.30. The summed E-state index contributed by atoms with van der Waals surface area (Å²) in [7, 11) is 0. The van der Waals surface area contributed by atoms with Crippen LogP contribution in [0.15, 0.2) is 54.9 Å². The van der Waals surface area contributed by atoms with Crippen LogP contribution in [0.4, 0.5) is 5.82 Å². The average Bonchev–Trinajstić information content (AvgIpc) is 3.56. The zero-order valence-corrected chi connectivity index (χ0v) is 19.0. The molecule has 2 aromatic carbocycles. The Bertz CT molecular complexity index is 1250. The summed E-state index contributed by atoms with van der Waals surface area (Å²) in [6.07, 6.45) is 7.44. The number of aromatic nitrogens is 4. The second-order valence-electron chi connectivity index (χ2n) is 8.20. The maximum Gasteiger partial charge on any atom is 0.251 e. The van der Waals surface area contributed by atoms with Crippen LogP contribution in [-0.4, -0.2) is 45.5 Å². The number of halogens is 1. The maximum atomic E-state index is 12.7. The molecule has 168 valence electrons. The van der Waals surface area contributed by atoms with Crippen molar-refractivity contribution in [1.82, 2.24) is 25.3 Å². The first-order chi connectivity index (χ1) is 16.2. The van der Waals surface area contributed by atoms with E-state index < -0.39 is 0 Å². The van der Waals surface area contributed by atoms with Gasteiger partial charge in [-0.25, -0.2) is 15.0 Å². The number of nitrogens with one attached hydrogen (secondary N) is 2. The minimum absolute atomic E-state index is 0.116. The molecule has 1 aliphatic rings. The van der Waals surface area contributed by atoms with E-state index in [4.69, 9.17) is 21.6 Å². The van der Waals surface area contributed by atoms with Gasteiger partial charge in [0.15, 0.2) is 5.82 Å². The lowest BCUT2D eigenvalue weighted by Crippen LogP contribution is -2.25. The Labute approximate surface area is 197 Å². The number of aryl methyl sites for hydroxylation is 1. The van der Waals surface area contributed by atoms with Gasteiger partial charge in [0, 0.05) is 54.6 Å². The number of amides is 1. The number of fused-ring (bicyclic) bond motifs is 1. The SMILES string of the molecule is O=C(NCCCc1ncc[nH]1)c1ccc2nc(N3CCCC3)c(-c3ccc(Cl)cc3)nc2c1. The average molecular weight is 461 g/mol. The summed E-state index contributed by atoms with van der Waals surface area (Å²) in [5.74, 6) is 1.70. The Morgan fingerprint density at radius 1 is 1.06 bits per heavy atom. The fourth-order valence-electron chi connectivity index (χ4n) is 4.13. The molecule has 0 radical (unpaired) electrons. The van der Waals surface area contributed by atoms with E-state index >= 15 is 0 Å². The van der Waals surface area contributed by atoms with Crippen molar-refractivity contribution in [3.63, 3.8) is 0 Å². The van der Waals surface area contributed by atoms with E-state index in [-0.39, 0.29) is 5.91 Å².